The largest absolute Gasteiger partial charge is 0.479 e. The average Bonchev–Trinajstić information content (AvgIpc) is 2.69. The number of nitrogens with zero attached hydrogens (tertiary/aromatic N) is 1. The third-order valence-electron chi connectivity index (χ3n) is 2.74. The Morgan fingerprint density at radius 2 is 2.40 bits per heavy atom. The summed E-state index contributed by atoms with van der Waals surface area (Å²) in [5.41, 5.74) is 0.344. The fraction of sp³-hybridized carbons (Fsp3) is 0.455. The fourth-order valence-electron chi connectivity index (χ4n) is 1.87. The molecule has 0 amide bonds. The van der Waals surface area contributed by atoms with Crippen molar-refractivity contribution < 1.29 is 14.6 Å². The molecule has 0 aliphatic carbocycles. The first-order chi connectivity index (χ1) is 7.15. The van der Waals surface area contributed by atoms with Crippen LogP contribution < -0.4 is 0 Å². The Labute approximate surface area is 87.9 Å². The highest BCUT2D eigenvalue weighted by molar-refractivity contribution is 5.79. The van der Waals surface area contributed by atoms with Crippen LogP contribution in [0.15, 0.2) is 18.3 Å². The maximum atomic E-state index is 11.3. The van der Waals surface area contributed by atoms with E-state index in [0.29, 0.717) is 18.6 Å². The second-order valence-corrected chi connectivity index (χ2v) is 3.77. The van der Waals surface area contributed by atoms with Crippen molar-refractivity contribution in [3.8, 4) is 0 Å². The number of aryl methyl sites for hydroxylation is 1. The molecule has 1 N–H and O–H groups in total. The van der Waals surface area contributed by atoms with Gasteiger partial charge in [0, 0.05) is 24.1 Å². The molecule has 1 fully saturated rings. The van der Waals surface area contributed by atoms with Gasteiger partial charge in [-0.2, -0.15) is 0 Å². The van der Waals surface area contributed by atoms with Gasteiger partial charge in [-0.3, -0.25) is 4.98 Å². The minimum atomic E-state index is -1.17. The molecule has 1 aliphatic heterocycles. The first-order valence-electron chi connectivity index (χ1n) is 4.96. The van der Waals surface area contributed by atoms with Gasteiger partial charge >= 0.3 is 5.97 Å². The summed E-state index contributed by atoms with van der Waals surface area (Å²) in [5.74, 6) is -0.925. The molecule has 0 radical (unpaired) electrons. The Bertz CT molecular complexity index is 366. The van der Waals surface area contributed by atoms with E-state index in [4.69, 9.17) is 4.74 Å². The smallest absolute Gasteiger partial charge is 0.340 e. The van der Waals surface area contributed by atoms with Gasteiger partial charge < -0.3 is 9.84 Å². The molecule has 0 spiro atoms. The maximum absolute atomic E-state index is 11.3. The third-order valence-corrected chi connectivity index (χ3v) is 2.74. The lowest BCUT2D eigenvalue weighted by molar-refractivity contribution is -0.161. The van der Waals surface area contributed by atoms with E-state index in [9.17, 15) is 9.90 Å². The van der Waals surface area contributed by atoms with Crippen LogP contribution in [0.3, 0.4) is 0 Å². The summed E-state index contributed by atoms with van der Waals surface area (Å²) >= 11 is 0. The van der Waals surface area contributed by atoms with Gasteiger partial charge in [-0.1, -0.05) is 6.07 Å². The number of carboxylic acids is 1. The molecule has 1 atom stereocenters. The number of aliphatic carboxylic acids is 1. The summed E-state index contributed by atoms with van der Waals surface area (Å²) in [6.45, 7) is 2.37. The monoisotopic (exact) mass is 207 g/mol. The van der Waals surface area contributed by atoms with Crippen LogP contribution in [-0.4, -0.2) is 22.7 Å². The second-order valence-electron chi connectivity index (χ2n) is 3.77. The second kappa shape index (κ2) is 3.62. The van der Waals surface area contributed by atoms with Crippen LogP contribution in [0.4, 0.5) is 0 Å². The number of carbonyl (C=O) groups is 1. The highest BCUT2D eigenvalue weighted by atomic mass is 16.5. The lowest BCUT2D eigenvalue weighted by Gasteiger charge is -2.23. The van der Waals surface area contributed by atoms with E-state index < -0.39 is 11.6 Å². The normalized spacial score (nSPS) is 25.4. The van der Waals surface area contributed by atoms with Crippen LogP contribution in [0.5, 0.6) is 0 Å². The van der Waals surface area contributed by atoms with E-state index in [1.54, 1.807) is 12.3 Å². The number of ether oxygens (including phenoxy) is 1. The van der Waals surface area contributed by atoms with Crippen molar-refractivity contribution in [2.45, 2.75) is 25.4 Å². The lowest BCUT2D eigenvalue weighted by atomic mass is 9.92. The molecule has 1 saturated heterocycles. The number of pyridine rings is 1. The molecular formula is C11H13NO3. The lowest BCUT2D eigenvalue weighted by Crippen LogP contribution is -2.34. The van der Waals surface area contributed by atoms with Gasteiger partial charge in [0.15, 0.2) is 5.60 Å². The maximum Gasteiger partial charge on any atom is 0.340 e. The van der Waals surface area contributed by atoms with E-state index in [-0.39, 0.29) is 0 Å². The molecule has 0 aromatic carbocycles. The van der Waals surface area contributed by atoms with Crippen molar-refractivity contribution in [2.75, 3.05) is 6.61 Å². The van der Waals surface area contributed by atoms with Gasteiger partial charge in [0.25, 0.3) is 0 Å². The number of carboxylic acid groups (broad SMARTS) is 1. The van der Waals surface area contributed by atoms with Crippen LogP contribution in [0, 0.1) is 6.92 Å². The van der Waals surface area contributed by atoms with Gasteiger partial charge in [-0.05, 0) is 25.8 Å². The Morgan fingerprint density at radius 1 is 1.60 bits per heavy atom. The zero-order valence-electron chi connectivity index (χ0n) is 8.56. The quantitative estimate of drug-likeness (QED) is 0.798. The standard InChI is InChI=1S/C11H13NO3/c1-8-3-4-9(7-12-8)11(10(13)14)5-2-6-15-11/h3-4,7H,2,5-6H2,1H3,(H,13,14). The zero-order chi connectivity index (χ0) is 10.9. The predicted molar refractivity (Wildman–Crippen MR) is 53.5 cm³/mol. The number of hydrogen-bond acceptors (Lipinski definition) is 3. The van der Waals surface area contributed by atoms with Crippen molar-refractivity contribution >= 4 is 5.97 Å². The van der Waals surface area contributed by atoms with Gasteiger partial charge in [0.05, 0.1) is 0 Å². The van der Waals surface area contributed by atoms with Crippen LogP contribution in [-0.2, 0) is 15.1 Å². The summed E-state index contributed by atoms with van der Waals surface area (Å²) in [6, 6.07) is 3.59. The number of rotatable bonds is 2. The zero-order valence-corrected chi connectivity index (χ0v) is 8.56. The molecule has 1 aromatic rings. The first-order valence-corrected chi connectivity index (χ1v) is 4.96. The Balaban J connectivity index is 2.41. The summed E-state index contributed by atoms with van der Waals surface area (Å²) in [6.07, 6.45) is 2.89. The predicted octanol–water partition coefficient (Wildman–Crippen LogP) is 1.48. The molecule has 4 nitrogen and oxygen atoms in total. The fourth-order valence-corrected chi connectivity index (χ4v) is 1.87. The average molecular weight is 207 g/mol. The van der Waals surface area contributed by atoms with Gasteiger partial charge in [0.2, 0.25) is 0 Å². The number of aromatic nitrogens is 1. The Kier molecular flexibility index (Phi) is 2.44. The Morgan fingerprint density at radius 3 is 2.87 bits per heavy atom. The van der Waals surface area contributed by atoms with E-state index in [0.717, 1.165) is 12.1 Å². The van der Waals surface area contributed by atoms with E-state index in [1.807, 2.05) is 13.0 Å². The molecular weight excluding hydrogens is 194 g/mol. The molecule has 2 heterocycles. The first kappa shape index (κ1) is 10.1. The van der Waals surface area contributed by atoms with Gasteiger partial charge in [0.1, 0.15) is 0 Å². The Hall–Kier alpha value is -1.42. The minimum absolute atomic E-state index is 0.500. The van der Waals surface area contributed by atoms with Crippen molar-refractivity contribution in [1.82, 2.24) is 4.98 Å². The van der Waals surface area contributed by atoms with Crippen molar-refractivity contribution in [3.63, 3.8) is 0 Å². The van der Waals surface area contributed by atoms with Crippen molar-refractivity contribution in [3.05, 3.63) is 29.6 Å². The van der Waals surface area contributed by atoms with Gasteiger partial charge in [-0.15, -0.1) is 0 Å². The summed E-state index contributed by atoms with van der Waals surface area (Å²) < 4.78 is 5.39. The molecule has 2 rings (SSSR count). The summed E-state index contributed by atoms with van der Waals surface area (Å²) in [4.78, 5) is 15.4. The van der Waals surface area contributed by atoms with Crippen molar-refractivity contribution in [1.29, 1.82) is 0 Å². The highest BCUT2D eigenvalue weighted by Crippen LogP contribution is 2.36. The van der Waals surface area contributed by atoms with E-state index in [1.165, 1.54) is 0 Å². The minimum Gasteiger partial charge on any atom is -0.479 e. The van der Waals surface area contributed by atoms with E-state index in [2.05, 4.69) is 4.98 Å². The number of hydrogen-bond donors (Lipinski definition) is 1. The van der Waals surface area contributed by atoms with E-state index >= 15 is 0 Å². The third kappa shape index (κ3) is 1.61. The molecule has 0 saturated carbocycles. The SMILES string of the molecule is Cc1ccc(C2(C(=O)O)CCCO2)cn1. The highest BCUT2D eigenvalue weighted by Gasteiger charge is 2.44. The molecule has 0 bridgehead atoms. The summed E-state index contributed by atoms with van der Waals surface area (Å²) in [7, 11) is 0. The van der Waals surface area contributed by atoms with Crippen LogP contribution in [0.1, 0.15) is 24.1 Å². The molecule has 1 aromatic heterocycles. The topological polar surface area (TPSA) is 59.4 Å². The molecule has 1 unspecified atom stereocenters. The molecule has 1 aliphatic rings. The van der Waals surface area contributed by atoms with Gasteiger partial charge in [-0.25, -0.2) is 4.79 Å². The molecule has 4 heteroatoms. The van der Waals surface area contributed by atoms with Crippen LogP contribution in [0.25, 0.3) is 0 Å². The van der Waals surface area contributed by atoms with Crippen LogP contribution >= 0.6 is 0 Å². The van der Waals surface area contributed by atoms with Crippen molar-refractivity contribution in [2.24, 2.45) is 0 Å². The summed E-state index contributed by atoms with van der Waals surface area (Å²) in [5, 5.41) is 9.23. The van der Waals surface area contributed by atoms with Crippen LogP contribution in [0.2, 0.25) is 0 Å². The molecule has 80 valence electrons. The molecule has 15 heavy (non-hydrogen) atoms.